The van der Waals surface area contributed by atoms with Gasteiger partial charge in [-0.05, 0) is 24.3 Å². The number of rotatable bonds is 3. The second kappa shape index (κ2) is 7.07. The smallest absolute Gasteiger partial charge is 0.145 e. The summed E-state index contributed by atoms with van der Waals surface area (Å²) >= 11 is 5.60. The molecule has 2 N–H and O–H groups in total. The zero-order chi connectivity index (χ0) is 15.2. The lowest BCUT2D eigenvalue weighted by Gasteiger charge is -2.09. The van der Waals surface area contributed by atoms with E-state index in [4.69, 9.17) is 22.1 Å². The Kier molecular flexibility index (Phi) is 5.15. The Labute approximate surface area is 126 Å². The van der Waals surface area contributed by atoms with Crippen LogP contribution in [0.1, 0.15) is 11.1 Å². The SMILES string of the molecule is NCC#Cc1cc(F)ccc1COc1ccc(Cl)c(F)c1. The van der Waals surface area contributed by atoms with Crippen LogP contribution in [-0.2, 0) is 6.61 Å². The van der Waals surface area contributed by atoms with E-state index in [1.165, 1.54) is 24.3 Å². The van der Waals surface area contributed by atoms with Gasteiger partial charge in [-0.25, -0.2) is 8.78 Å². The molecule has 0 aliphatic heterocycles. The molecule has 0 aliphatic carbocycles. The summed E-state index contributed by atoms with van der Waals surface area (Å²) in [5, 5.41) is 0.0265. The Morgan fingerprint density at radius 2 is 1.95 bits per heavy atom. The fraction of sp³-hybridized carbons (Fsp3) is 0.125. The zero-order valence-corrected chi connectivity index (χ0v) is 11.8. The molecule has 0 amide bonds. The summed E-state index contributed by atoms with van der Waals surface area (Å²) in [5.41, 5.74) is 6.49. The lowest BCUT2D eigenvalue weighted by atomic mass is 10.1. The molecule has 2 rings (SSSR count). The van der Waals surface area contributed by atoms with Crippen LogP contribution < -0.4 is 10.5 Å². The summed E-state index contributed by atoms with van der Waals surface area (Å²) in [7, 11) is 0. The maximum absolute atomic E-state index is 13.3. The van der Waals surface area contributed by atoms with E-state index in [1.807, 2.05) is 0 Å². The number of halogens is 3. The van der Waals surface area contributed by atoms with Crippen molar-refractivity contribution in [3.05, 3.63) is 64.2 Å². The first-order valence-corrected chi connectivity index (χ1v) is 6.53. The number of hydrogen-bond donors (Lipinski definition) is 1. The third kappa shape index (κ3) is 4.19. The second-order valence-electron chi connectivity index (χ2n) is 4.17. The molecule has 2 nitrogen and oxygen atoms in total. The minimum Gasteiger partial charge on any atom is -0.489 e. The van der Waals surface area contributed by atoms with Crippen LogP contribution in [0, 0.1) is 23.5 Å². The van der Waals surface area contributed by atoms with Crippen molar-refractivity contribution < 1.29 is 13.5 Å². The van der Waals surface area contributed by atoms with Crippen molar-refractivity contribution in [2.24, 2.45) is 5.73 Å². The number of benzene rings is 2. The van der Waals surface area contributed by atoms with Gasteiger partial charge in [0.25, 0.3) is 0 Å². The van der Waals surface area contributed by atoms with Crippen molar-refractivity contribution in [1.82, 2.24) is 0 Å². The number of nitrogens with two attached hydrogens (primary N) is 1. The Hall–Kier alpha value is -2.09. The molecule has 108 valence electrons. The summed E-state index contributed by atoms with van der Waals surface area (Å²) < 4.78 is 32.0. The molecule has 0 saturated carbocycles. The lowest BCUT2D eigenvalue weighted by molar-refractivity contribution is 0.304. The highest BCUT2D eigenvalue weighted by Gasteiger charge is 2.05. The molecule has 21 heavy (non-hydrogen) atoms. The summed E-state index contributed by atoms with van der Waals surface area (Å²) in [4.78, 5) is 0. The Morgan fingerprint density at radius 3 is 2.67 bits per heavy atom. The fourth-order valence-corrected chi connectivity index (χ4v) is 1.78. The average molecular weight is 308 g/mol. The molecule has 2 aromatic rings. The van der Waals surface area contributed by atoms with Gasteiger partial charge in [0, 0.05) is 17.2 Å². The van der Waals surface area contributed by atoms with Crippen LogP contribution >= 0.6 is 11.6 Å². The standard InChI is InChI=1S/C16H12ClF2NO/c17-15-6-5-14(9-16(15)19)21-10-12-3-4-13(18)8-11(12)2-1-7-20/h3-6,8-9H,7,10,20H2. The van der Waals surface area contributed by atoms with Gasteiger partial charge in [-0.3, -0.25) is 0 Å². The molecule has 0 unspecified atom stereocenters. The molecule has 0 aliphatic rings. The summed E-state index contributed by atoms with van der Waals surface area (Å²) in [6.07, 6.45) is 0. The van der Waals surface area contributed by atoms with Gasteiger partial charge in [-0.2, -0.15) is 0 Å². The molecule has 0 atom stereocenters. The molecular weight excluding hydrogens is 296 g/mol. The van der Waals surface area contributed by atoms with Gasteiger partial charge in [-0.1, -0.05) is 29.5 Å². The van der Waals surface area contributed by atoms with Gasteiger partial charge in [0.2, 0.25) is 0 Å². The fourth-order valence-electron chi connectivity index (χ4n) is 1.66. The molecule has 0 bridgehead atoms. The Balaban J connectivity index is 2.17. The largest absolute Gasteiger partial charge is 0.489 e. The monoisotopic (exact) mass is 307 g/mol. The molecule has 0 spiro atoms. The molecule has 5 heteroatoms. The third-order valence-electron chi connectivity index (χ3n) is 2.68. The summed E-state index contributed by atoms with van der Waals surface area (Å²) in [6, 6.07) is 8.35. The van der Waals surface area contributed by atoms with Crippen molar-refractivity contribution >= 4 is 11.6 Å². The highest BCUT2D eigenvalue weighted by atomic mass is 35.5. The van der Waals surface area contributed by atoms with E-state index in [-0.39, 0.29) is 18.2 Å². The van der Waals surface area contributed by atoms with Gasteiger partial charge in [0.05, 0.1) is 11.6 Å². The summed E-state index contributed by atoms with van der Waals surface area (Å²) in [6.45, 7) is 0.315. The van der Waals surface area contributed by atoms with E-state index in [2.05, 4.69) is 11.8 Å². The van der Waals surface area contributed by atoms with E-state index < -0.39 is 11.6 Å². The quantitative estimate of drug-likeness (QED) is 0.881. The minimum absolute atomic E-state index is 0.0265. The third-order valence-corrected chi connectivity index (χ3v) is 2.99. The van der Waals surface area contributed by atoms with Crippen LogP contribution in [0.5, 0.6) is 5.75 Å². The van der Waals surface area contributed by atoms with Crippen LogP contribution in [0.4, 0.5) is 8.78 Å². The molecule has 0 radical (unpaired) electrons. The van der Waals surface area contributed by atoms with Crippen LogP contribution in [0.25, 0.3) is 0 Å². The number of hydrogen-bond acceptors (Lipinski definition) is 2. The zero-order valence-electron chi connectivity index (χ0n) is 11.0. The van der Waals surface area contributed by atoms with E-state index in [0.29, 0.717) is 16.9 Å². The molecule has 0 fully saturated rings. The van der Waals surface area contributed by atoms with Gasteiger partial charge in [0.15, 0.2) is 0 Å². The van der Waals surface area contributed by atoms with Crippen LogP contribution in [-0.4, -0.2) is 6.54 Å². The topological polar surface area (TPSA) is 35.2 Å². The maximum Gasteiger partial charge on any atom is 0.145 e. The first kappa shape index (κ1) is 15.3. The summed E-state index contributed by atoms with van der Waals surface area (Å²) in [5.74, 6) is 4.83. The first-order valence-electron chi connectivity index (χ1n) is 6.15. The minimum atomic E-state index is -0.559. The highest BCUT2D eigenvalue weighted by Crippen LogP contribution is 2.22. The molecule has 0 aromatic heterocycles. The molecule has 2 aromatic carbocycles. The van der Waals surface area contributed by atoms with Crippen molar-refractivity contribution in [1.29, 1.82) is 0 Å². The Morgan fingerprint density at radius 1 is 1.14 bits per heavy atom. The second-order valence-corrected chi connectivity index (χ2v) is 4.58. The predicted octanol–water partition coefficient (Wildman–Crippen LogP) is 3.51. The van der Waals surface area contributed by atoms with Crippen LogP contribution in [0.2, 0.25) is 5.02 Å². The highest BCUT2D eigenvalue weighted by molar-refractivity contribution is 6.30. The van der Waals surface area contributed by atoms with E-state index in [1.54, 1.807) is 12.1 Å². The van der Waals surface area contributed by atoms with Crippen molar-refractivity contribution in [3.63, 3.8) is 0 Å². The van der Waals surface area contributed by atoms with Crippen molar-refractivity contribution in [3.8, 4) is 17.6 Å². The van der Waals surface area contributed by atoms with Crippen molar-refractivity contribution in [2.45, 2.75) is 6.61 Å². The van der Waals surface area contributed by atoms with Gasteiger partial charge >= 0.3 is 0 Å². The normalized spacial score (nSPS) is 9.90. The average Bonchev–Trinajstić information content (AvgIpc) is 2.47. The van der Waals surface area contributed by atoms with Gasteiger partial charge in [0.1, 0.15) is 24.0 Å². The lowest BCUT2D eigenvalue weighted by Crippen LogP contribution is -2.00. The molecule has 0 saturated heterocycles. The molecule has 0 heterocycles. The van der Waals surface area contributed by atoms with E-state index >= 15 is 0 Å². The van der Waals surface area contributed by atoms with E-state index in [0.717, 1.165) is 0 Å². The van der Waals surface area contributed by atoms with E-state index in [9.17, 15) is 8.78 Å². The van der Waals surface area contributed by atoms with Crippen LogP contribution in [0.3, 0.4) is 0 Å². The van der Waals surface area contributed by atoms with Gasteiger partial charge in [-0.15, -0.1) is 0 Å². The number of ether oxygens (including phenoxy) is 1. The first-order chi connectivity index (χ1) is 10.1. The van der Waals surface area contributed by atoms with Gasteiger partial charge < -0.3 is 10.5 Å². The maximum atomic E-state index is 13.3. The Bertz CT molecular complexity index is 707. The molecular formula is C16H12ClF2NO. The van der Waals surface area contributed by atoms with Crippen LogP contribution in [0.15, 0.2) is 36.4 Å². The van der Waals surface area contributed by atoms with Crippen molar-refractivity contribution in [2.75, 3.05) is 6.54 Å². The predicted molar refractivity (Wildman–Crippen MR) is 78.1 cm³/mol.